The van der Waals surface area contributed by atoms with E-state index < -0.39 is 17.7 Å². The van der Waals surface area contributed by atoms with Crippen molar-refractivity contribution in [2.75, 3.05) is 12.4 Å². The zero-order chi connectivity index (χ0) is 25.8. The highest BCUT2D eigenvalue weighted by Gasteiger charge is 2.26. The smallest absolute Gasteiger partial charge is 0.302 e. The summed E-state index contributed by atoms with van der Waals surface area (Å²) in [4.78, 5) is 41.7. The second kappa shape index (κ2) is 10.6. The third-order valence-corrected chi connectivity index (χ3v) is 5.97. The molecule has 8 nitrogen and oxygen atoms in total. The van der Waals surface area contributed by atoms with E-state index in [9.17, 15) is 14.4 Å². The maximum Gasteiger partial charge on any atom is 0.302 e. The van der Waals surface area contributed by atoms with Gasteiger partial charge in [-0.25, -0.2) is 4.98 Å². The lowest BCUT2D eigenvalue weighted by atomic mass is 10.0. The van der Waals surface area contributed by atoms with E-state index in [1.54, 1.807) is 31.2 Å². The molecule has 0 saturated carbocycles. The van der Waals surface area contributed by atoms with Crippen LogP contribution in [0.4, 0.5) is 5.69 Å². The molecule has 0 bridgehead atoms. The third kappa shape index (κ3) is 5.39. The predicted molar refractivity (Wildman–Crippen MR) is 136 cm³/mol. The summed E-state index contributed by atoms with van der Waals surface area (Å²) < 4.78 is 12.2. The summed E-state index contributed by atoms with van der Waals surface area (Å²) in [5, 5.41) is 3.85. The number of nitrogens with one attached hydrogen (secondary N) is 1. The number of anilines is 1. The van der Waals surface area contributed by atoms with Crippen LogP contribution in [0.15, 0.2) is 60.8 Å². The molecular weight excluding hydrogens is 482 g/mol. The van der Waals surface area contributed by atoms with Crippen molar-refractivity contribution in [1.29, 1.82) is 0 Å². The molecule has 0 aliphatic carbocycles. The molecule has 4 aromatic rings. The lowest BCUT2D eigenvalue weighted by molar-refractivity contribution is -0.142. The number of carbonyl (C=O) groups excluding carboxylic acids is 3. The molecule has 0 atom stereocenters. The SMILES string of the molecule is COc1cc(NC(=O)C(=O)c2c(C)n(Cc3ccc(Cl)cc3)c3ccc(COC(C)=O)cc23)ccn1. The fourth-order valence-corrected chi connectivity index (χ4v) is 4.09. The molecule has 2 aromatic heterocycles. The van der Waals surface area contributed by atoms with Gasteiger partial charge >= 0.3 is 5.97 Å². The Balaban J connectivity index is 1.75. The van der Waals surface area contributed by atoms with Crippen molar-refractivity contribution < 1.29 is 23.9 Å². The summed E-state index contributed by atoms with van der Waals surface area (Å²) >= 11 is 6.03. The third-order valence-electron chi connectivity index (χ3n) is 5.72. The zero-order valence-corrected chi connectivity index (χ0v) is 20.8. The number of halogens is 1. The van der Waals surface area contributed by atoms with Gasteiger partial charge in [-0.15, -0.1) is 0 Å². The van der Waals surface area contributed by atoms with Gasteiger partial charge in [0.15, 0.2) is 0 Å². The van der Waals surface area contributed by atoms with Crippen LogP contribution in [0.25, 0.3) is 10.9 Å². The molecule has 0 aliphatic heterocycles. The van der Waals surface area contributed by atoms with Gasteiger partial charge in [0.25, 0.3) is 11.7 Å². The number of esters is 1. The average Bonchev–Trinajstić information content (AvgIpc) is 3.14. The molecule has 184 valence electrons. The number of aromatic nitrogens is 2. The van der Waals surface area contributed by atoms with Crippen molar-refractivity contribution in [2.24, 2.45) is 0 Å². The minimum absolute atomic E-state index is 0.0589. The number of Topliss-reactive ketones (excluding diaryl/α,β-unsaturated/α-hetero) is 1. The molecule has 4 rings (SSSR count). The number of pyridine rings is 1. The van der Waals surface area contributed by atoms with Crippen molar-refractivity contribution in [2.45, 2.75) is 27.0 Å². The van der Waals surface area contributed by atoms with Crippen LogP contribution in [0.5, 0.6) is 5.88 Å². The van der Waals surface area contributed by atoms with Crippen LogP contribution in [0, 0.1) is 6.92 Å². The van der Waals surface area contributed by atoms with E-state index in [2.05, 4.69) is 10.3 Å². The molecule has 0 aliphatic rings. The number of fused-ring (bicyclic) bond motifs is 1. The van der Waals surface area contributed by atoms with Crippen LogP contribution < -0.4 is 10.1 Å². The number of methoxy groups -OCH3 is 1. The Morgan fingerprint density at radius 1 is 1.03 bits per heavy atom. The van der Waals surface area contributed by atoms with Crippen molar-refractivity contribution >= 4 is 45.9 Å². The van der Waals surface area contributed by atoms with E-state index in [-0.39, 0.29) is 12.2 Å². The molecule has 2 heterocycles. The van der Waals surface area contributed by atoms with Crippen molar-refractivity contribution in [3.8, 4) is 5.88 Å². The predicted octanol–water partition coefficient (Wildman–Crippen LogP) is 4.94. The van der Waals surface area contributed by atoms with Gasteiger partial charge in [-0.1, -0.05) is 29.8 Å². The van der Waals surface area contributed by atoms with E-state index in [0.29, 0.717) is 39.8 Å². The number of hydrogen-bond acceptors (Lipinski definition) is 6. The van der Waals surface area contributed by atoms with Crippen LogP contribution in [0.1, 0.15) is 34.1 Å². The second-order valence-electron chi connectivity index (χ2n) is 8.17. The number of benzene rings is 2. The Labute approximate surface area is 212 Å². The van der Waals surface area contributed by atoms with Gasteiger partial charge in [0, 0.05) is 53.0 Å². The van der Waals surface area contributed by atoms with Crippen LogP contribution in [-0.4, -0.2) is 34.3 Å². The maximum absolute atomic E-state index is 13.5. The van der Waals surface area contributed by atoms with Gasteiger partial charge < -0.3 is 19.4 Å². The fourth-order valence-electron chi connectivity index (χ4n) is 3.97. The van der Waals surface area contributed by atoms with E-state index in [1.807, 2.05) is 28.8 Å². The lowest BCUT2D eigenvalue weighted by Gasteiger charge is -2.10. The standard InChI is InChI=1S/C27H24ClN3O5/c1-16-25(26(33)27(34)30-21-10-11-29-24(13-21)35-3)22-12-19(15-36-17(2)32)6-9-23(22)31(16)14-18-4-7-20(28)8-5-18/h4-13H,14-15H2,1-3H3,(H,29,30,34). The largest absolute Gasteiger partial charge is 0.481 e. The first-order chi connectivity index (χ1) is 17.3. The molecule has 0 fully saturated rings. The Bertz CT molecular complexity index is 1460. The molecule has 1 N–H and O–H groups in total. The van der Waals surface area contributed by atoms with Crippen LogP contribution in [-0.2, 0) is 27.5 Å². The Morgan fingerprint density at radius 3 is 2.44 bits per heavy atom. The molecule has 2 aromatic carbocycles. The average molecular weight is 506 g/mol. The number of carbonyl (C=O) groups is 3. The van der Waals surface area contributed by atoms with E-state index in [1.165, 1.54) is 26.3 Å². The minimum Gasteiger partial charge on any atom is -0.481 e. The van der Waals surface area contributed by atoms with Gasteiger partial charge in [-0.3, -0.25) is 14.4 Å². The van der Waals surface area contributed by atoms with Gasteiger partial charge in [0.05, 0.1) is 12.7 Å². The minimum atomic E-state index is -0.790. The molecule has 0 spiro atoms. The highest BCUT2D eigenvalue weighted by atomic mass is 35.5. The number of amides is 1. The van der Waals surface area contributed by atoms with Gasteiger partial charge in [0.2, 0.25) is 5.88 Å². The van der Waals surface area contributed by atoms with E-state index >= 15 is 0 Å². The number of ketones is 1. The monoisotopic (exact) mass is 505 g/mol. The summed E-state index contributed by atoms with van der Waals surface area (Å²) in [7, 11) is 1.46. The fraction of sp³-hybridized carbons (Fsp3) is 0.185. The van der Waals surface area contributed by atoms with Crippen LogP contribution in [0.2, 0.25) is 5.02 Å². The molecule has 9 heteroatoms. The van der Waals surface area contributed by atoms with Crippen molar-refractivity contribution in [3.63, 3.8) is 0 Å². The first-order valence-electron chi connectivity index (χ1n) is 11.1. The molecule has 1 amide bonds. The Kier molecular flexibility index (Phi) is 7.36. The maximum atomic E-state index is 13.5. The molecule has 36 heavy (non-hydrogen) atoms. The molecular formula is C27H24ClN3O5. The highest BCUT2D eigenvalue weighted by molar-refractivity contribution is 6.48. The number of nitrogens with zero attached hydrogens (tertiary/aromatic N) is 2. The molecule has 0 radical (unpaired) electrons. The summed E-state index contributed by atoms with van der Waals surface area (Å²) in [6.45, 7) is 3.67. The second-order valence-corrected chi connectivity index (χ2v) is 8.61. The van der Waals surface area contributed by atoms with Crippen molar-refractivity contribution in [3.05, 3.63) is 88.2 Å². The number of rotatable bonds is 8. The van der Waals surface area contributed by atoms with Crippen LogP contribution in [0.3, 0.4) is 0 Å². The first-order valence-corrected chi connectivity index (χ1v) is 11.5. The topological polar surface area (TPSA) is 99.5 Å². The quantitative estimate of drug-likeness (QED) is 0.207. The molecule has 0 unspecified atom stereocenters. The number of ether oxygens (including phenoxy) is 2. The summed E-state index contributed by atoms with van der Waals surface area (Å²) in [5.74, 6) is -1.57. The lowest BCUT2D eigenvalue weighted by Crippen LogP contribution is -2.23. The highest BCUT2D eigenvalue weighted by Crippen LogP contribution is 2.29. The van der Waals surface area contributed by atoms with Crippen LogP contribution >= 0.6 is 11.6 Å². The van der Waals surface area contributed by atoms with Crippen molar-refractivity contribution in [1.82, 2.24) is 9.55 Å². The Hall–Kier alpha value is -4.17. The summed E-state index contributed by atoms with van der Waals surface area (Å²) in [6, 6.07) is 16.0. The van der Waals surface area contributed by atoms with E-state index in [0.717, 1.165) is 11.1 Å². The summed E-state index contributed by atoms with van der Waals surface area (Å²) in [6.07, 6.45) is 1.48. The normalized spacial score (nSPS) is 10.8. The van der Waals surface area contributed by atoms with E-state index in [4.69, 9.17) is 21.1 Å². The molecule has 0 saturated heterocycles. The number of hydrogen-bond donors (Lipinski definition) is 1. The van der Waals surface area contributed by atoms with Gasteiger partial charge in [0.1, 0.15) is 6.61 Å². The zero-order valence-electron chi connectivity index (χ0n) is 20.0. The summed E-state index contributed by atoms with van der Waals surface area (Å²) in [5.41, 5.74) is 3.76. The Morgan fingerprint density at radius 2 is 1.75 bits per heavy atom. The van der Waals surface area contributed by atoms with Gasteiger partial charge in [-0.05, 0) is 48.4 Å². The van der Waals surface area contributed by atoms with Gasteiger partial charge in [-0.2, -0.15) is 0 Å². The first kappa shape index (κ1) is 24.9.